The van der Waals surface area contributed by atoms with Crippen LogP contribution in [0.15, 0.2) is 23.8 Å². The third-order valence-corrected chi connectivity index (χ3v) is 6.63. The summed E-state index contributed by atoms with van der Waals surface area (Å²) >= 11 is 0. The van der Waals surface area contributed by atoms with Gasteiger partial charge in [-0.15, -0.1) is 0 Å². The lowest BCUT2D eigenvalue weighted by molar-refractivity contribution is -0.137. The molecule has 2 aliphatic carbocycles. The van der Waals surface area contributed by atoms with E-state index in [0.717, 1.165) is 44.9 Å². The third kappa shape index (κ3) is 6.18. The van der Waals surface area contributed by atoms with E-state index in [1.807, 2.05) is 6.08 Å². The maximum atomic E-state index is 10.6. The standard InChI is InChI=1S/C23H38O4/c1-4-5-12-23(2,3)21(25)11-10-18-19-14-16(8-6-7-9-22(26)27)13-17(19)15-20(18)24/h8,10-11,17-21,24-25H,4-7,9,12-15H2,1-3H3,(H,26,27)/b11-10+,16-8+/t17-,18-,19+,20-,21+/m1/s1. The minimum atomic E-state index is -0.731. The van der Waals surface area contributed by atoms with Crippen LogP contribution < -0.4 is 0 Å². The number of carboxylic acid groups (broad SMARTS) is 1. The first-order valence-electron chi connectivity index (χ1n) is 10.7. The molecule has 0 aromatic carbocycles. The minimum Gasteiger partial charge on any atom is -0.481 e. The Bertz CT molecular complexity index is 549. The van der Waals surface area contributed by atoms with Crippen LogP contribution in [0, 0.1) is 23.2 Å². The number of aliphatic carboxylic acids is 1. The molecule has 0 spiro atoms. The van der Waals surface area contributed by atoms with Gasteiger partial charge in [0.05, 0.1) is 12.2 Å². The van der Waals surface area contributed by atoms with Gasteiger partial charge in [0.2, 0.25) is 0 Å². The van der Waals surface area contributed by atoms with Crippen LogP contribution in [0.4, 0.5) is 0 Å². The first-order valence-corrected chi connectivity index (χ1v) is 10.7. The van der Waals surface area contributed by atoms with Gasteiger partial charge in [0.15, 0.2) is 0 Å². The SMILES string of the molecule is CCCCC(C)(C)[C@@H](O)/C=C/[C@@H]1[C@H]2C/C(=C/CCCC(=O)O)C[C@@H]2C[C@H]1O. The second-order valence-corrected chi connectivity index (χ2v) is 9.28. The van der Waals surface area contributed by atoms with Gasteiger partial charge in [-0.25, -0.2) is 0 Å². The molecular formula is C23H38O4. The highest BCUT2D eigenvalue weighted by Gasteiger charge is 2.45. The molecule has 5 atom stereocenters. The average Bonchev–Trinajstić information content (AvgIpc) is 3.11. The monoisotopic (exact) mass is 378 g/mol. The summed E-state index contributed by atoms with van der Waals surface area (Å²) in [6.07, 6.45) is 13.3. The van der Waals surface area contributed by atoms with Gasteiger partial charge < -0.3 is 15.3 Å². The van der Waals surface area contributed by atoms with Crippen LogP contribution in [0.5, 0.6) is 0 Å². The molecule has 0 aromatic rings. The maximum absolute atomic E-state index is 10.6. The van der Waals surface area contributed by atoms with Crippen molar-refractivity contribution < 1.29 is 20.1 Å². The number of allylic oxidation sites excluding steroid dienone is 2. The van der Waals surface area contributed by atoms with Crippen molar-refractivity contribution in [1.29, 1.82) is 0 Å². The normalized spacial score (nSPS) is 30.9. The quantitative estimate of drug-likeness (QED) is 0.380. The Labute approximate surface area is 164 Å². The zero-order valence-corrected chi connectivity index (χ0v) is 17.2. The highest BCUT2D eigenvalue weighted by atomic mass is 16.4. The van der Waals surface area contributed by atoms with Crippen LogP contribution in [0.25, 0.3) is 0 Å². The number of aliphatic hydroxyl groups excluding tert-OH is 2. The van der Waals surface area contributed by atoms with Crippen LogP contribution in [0.3, 0.4) is 0 Å². The van der Waals surface area contributed by atoms with E-state index in [4.69, 9.17) is 5.11 Å². The van der Waals surface area contributed by atoms with E-state index in [1.165, 1.54) is 5.57 Å². The van der Waals surface area contributed by atoms with Crippen molar-refractivity contribution in [2.24, 2.45) is 23.2 Å². The molecule has 0 heterocycles. The summed E-state index contributed by atoms with van der Waals surface area (Å²) in [6.45, 7) is 6.39. The van der Waals surface area contributed by atoms with Gasteiger partial charge in [0.25, 0.3) is 0 Å². The summed E-state index contributed by atoms with van der Waals surface area (Å²) in [5.74, 6) is 0.362. The molecule has 0 aliphatic heterocycles. The summed E-state index contributed by atoms with van der Waals surface area (Å²) in [6, 6.07) is 0. The van der Waals surface area contributed by atoms with Gasteiger partial charge in [-0.1, -0.05) is 57.4 Å². The van der Waals surface area contributed by atoms with Gasteiger partial charge >= 0.3 is 5.97 Å². The van der Waals surface area contributed by atoms with Crippen molar-refractivity contribution in [2.75, 3.05) is 0 Å². The molecule has 4 heteroatoms. The molecule has 0 amide bonds. The van der Waals surface area contributed by atoms with Gasteiger partial charge in [-0.2, -0.15) is 0 Å². The van der Waals surface area contributed by atoms with Crippen LogP contribution in [-0.2, 0) is 4.79 Å². The lowest BCUT2D eigenvalue weighted by atomic mass is 9.80. The zero-order chi connectivity index (χ0) is 20.0. The van der Waals surface area contributed by atoms with E-state index < -0.39 is 12.1 Å². The molecular weight excluding hydrogens is 340 g/mol. The van der Waals surface area contributed by atoms with Gasteiger partial charge in [0.1, 0.15) is 0 Å². The Morgan fingerprint density at radius 3 is 2.70 bits per heavy atom. The summed E-state index contributed by atoms with van der Waals surface area (Å²) in [5.41, 5.74) is 1.28. The van der Waals surface area contributed by atoms with Gasteiger partial charge in [-0.05, 0) is 55.8 Å². The number of hydrogen-bond acceptors (Lipinski definition) is 3. The van der Waals surface area contributed by atoms with E-state index in [-0.39, 0.29) is 23.9 Å². The Kier molecular flexibility index (Phi) is 8.11. The number of fused-ring (bicyclic) bond motifs is 1. The fourth-order valence-electron chi connectivity index (χ4n) is 4.77. The Balaban J connectivity index is 1.92. The van der Waals surface area contributed by atoms with Crippen LogP contribution in [0.2, 0.25) is 0 Å². The predicted molar refractivity (Wildman–Crippen MR) is 108 cm³/mol. The molecule has 2 rings (SSSR count). The number of carboxylic acids is 1. The average molecular weight is 379 g/mol. The number of rotatable bonds is 10. The second-order valence-electron chi connectivity index (χ2n) is 9.28. The summed E-state index contributed by atoms with van der Waals surface area (Å²) in [5, 5.41) is 29.8. The van der Waals surface area contributed by atoms with Crippen LogP contribution >= 0.6 is 0 Å². The number of hydrogen-bond donors (Lipinski definition) is 3. The Hall–Kier alpha value is -1.13. The molecule has 2 fully saturated rings. The number of aliphatic hydroxyl groups is 2. The molecule has 4 nitrogen and oxygen atoms in total. The maximum Gasteiger partial charge on any atom is 0.303 e. The van der Waals surface area contributed by atoms with Crippen molar-refractivity contribution in [3.05, 3.63) is 23.8 Å². The van der Waals surface area contributed by atoms with E-state index in [9.17, 15) is 15.0 Å². The number of carbonyl (C=O) groups is 1. The lowest BCUT2D eigenvalue weighted by Crippen LogP contribution is -2.28. The Morgan fingerprint density at radius 1 is 1.30 bits per heavy atom. The minimum absolute atomic E-state index is 0.122. The zero-order valence-electron chi connectivity index (χ0n) is 17.2. The van der Waals surface area contributed by atoms with Crippen molar-refractivity contribution >= 4 is 5.97 Å². The molecule has 0 unspecified atom stereocenters. The third-order valence-electron chi connectivity index (χ3n) is 6.63. The summed E-state index contributed by atoms with van der Waals surface area (Å²) < 4.78 is 0. The molecule has 0 bridgehead atoms. The largest absolute Gasteiger partial charge is 0.481 e. The molecule has 2 aliphatic rings. The first-order chi connectivity index (χ1) is 12.7. The molecule has 2 saturated carbocycles. The van der Waals surface area contributed by atoms with E-state index in [2.05, 4.69) is 32.9 Å². The fraction of sp³-hybridized carbons (Fsp3) is 0.783. The lowest BCUT2D eigenvalue weighted by Gasteiger charge is -2.29. The molecule has 0 radical (unpaired) electrons. The van der Waals surface area contributed by atoms with E-state index in [1.54, 1.807) is 0 Å². The molecule has 0 saturated heterocycles. The molecule has 154 valence electrons. The topological polar surface area (TPSA) is 77.8 Å². The summed E-state index contributed by atoms with van der Waals surface area (Å²) in [7, 11) is 0. The highest BCUT2D eigenvalue weighted by molar-refractivity contribution is 5.66. The van der Waals surface area contributed by atoms with Crippen molar-refractivity contribution in [2.45, 2.75) is 90.8 Å². The highest BCUT2D eigenvalue weighted by Crippen LogP contribution is 2.50. The van der Waals surface area contributed by atoms with E-state index in [0.29, 0.717) is 18.3 Å². The van der Waals surface area contributed by atoms with Crippen molar-refractivity contribution in [3.8, 4) is 0 Å². The fourth-order valence-corrected chi connectivity index (χ4v) is 4.77. The summed E-state index contributed by atoms with van der Waals surface area (Å²) in [4.78, 5) is 10.6. The smallest absolute Gasteiger partial charge is 0.303 e. The van der Waals surface area contributed by atoms with Crippen molar-refractivity contribution in [3.63, 3.8) is 0 Å². The molecule has 3 N–H and O–H groups in total. The molecule has 0 aromatic heterocycles. The van der Waals surface area contributed by atoms with Crippen molar-refractivity contribution in [1.82, 2.24) is 0 Å². The first kappa shape index (κ1) is 22.2. The number of unbranched alkanes of at least 4 members (excludes halogenated alkanes) is 2. The van der Waals surface area contributed by atoms with Crippen LogP contribution in [-0.4, -0.2) is 33.5 Å². The predicted octanol–water partition coefficient (Wildman–Crippen LogP) is 4.71. The van der Waals surface area contributed by atoms with Gasteiger partial charge in [0, 0.05) is 12.3 Å². The second kappa shape index (κ2) is 9.88. The van der Waals surface area contributed by atoms with E-state index >= 15 is 0 Å². The Morgan fingerprint density at radius 2 is 2.04 bits per heavy atom. The molecule has 27 heavy (non-hydrogen) atoms. The van der Waals surface area contributed by atoms with Crippen LogP contribution in [0.1, 0.15) is 78.6 Å². The van der Waals surface area contributed by atoms with Gasteiger partial charge in [-0.3, -0.25) is 4.79 Å².